The fourth-order valence-electron chi connectivity index (χ4n) is 3.90. The van der Waals surface area contributed by atoms with Crippen LogP contribution in [0.5, 0.6) is 5.75 Å². The van der Waals surface area contributed by atoms with Gasteiger partial charge in [-0.05, 0) is 51.3 Å². The summed E-state index contributed by atoms with van der Waals surface area (Å²) < 4.78 is 6.82. The number of pyridine rings is 1. The van der Waals surface area contributed by atoms with Crippen LogP contribution in [0, 0.1) is 0 Å². The van der Waals surface area contributed by atoms with Gasteiger partial charge in [-0.3, -0.25) is 0 Å². The van der Waals surface area contributed by atoms with E-state index in [0.717, 1.165) is 31.1 Å². The van der Waals surface area contributed by atoms with Crippen molar-refractivity contribution in [3.8, 4) is 16.2 Å². The molecule has 1 N–H and O–H groups in total. The lowest BCUT2D eigenvalue weighted by Gasteiger charge is -2.18. The predicted octanol–water partition coefficient (Wildman–Crippen LogP) is 6.81. The molecule has 4 aromatic rings. The average molecular weight is 415 g/mol. The number of nitrogens with zero attached hydrogens (tertiary/aromatic N) is 1. The Hall–Kier alpha value is -2.85. The maximum absolute atomic E-state index is 5.61. The van der Waals surface area contributed by atoms with Crippen molar-refractivity contribution in [3.63, 3.8) is 0 Å². The van der Waals surface area contributed by atoms with Crippen molar-refractivity contribution in [1.29, 1.82) is 0 Å². The standard InChI is InChI=1S/C26H26N2OS/c1-26(2,3)21-7-5-18(6-8-21)23-15-20-10-12-27-25(24(20)30-23)28-16-17-4-9-22-19(14-17)11-13-29-22/h4-10,12,14-15H,11,13,16H2,1-3H3,(H,27,28). The zero-order valence-electron chi connectivity index (χ0n) is 17.7. The lowest BCUT2D eigenvalue weighted by Crippen LogP contribution is -2.10. The van der Waals surface area contributed by atoms with Crippen molar-refractivity contribution in [1.82, 2.24) is 4.98 Å². The van der Waals surface area contributed by atoms with Crippen LogP contribution in [0.3, 0.4) is 0 Å². The Morgan fingerprint density at radius 2 is 1.87 bits per heavy atom. The summed E-state index contributed by atoms with van der Waals surface area (Å²) in [6.45, 7) is 8.30. The van der Waals surface area contributed by atoms with Crippen molar-refractivity contribution in [3.05, 3.63) is 77.5 Å². The molecule has 0 bridgehead atoms. The highest BCUT2D eigenvalue weighted by Gasteiger charge is 2.15. The van der Waals surface area contributed by atoms with E-state index in [4.69, 9.17) is 4.74 Å². The van der Waals surface area contributed by atoms with E-state index in [2.05, 4.69) is 85.7 Å². The number of ether oxygens (including phenoxy) is 1. The maximum Gasteiger partial charge on any atom is 0.144 e. The third-order valence-electron chi connectivity index (χ3n) is 5.68. The second-order valence-corrected chi connectivity index (χ2v) is 9.96. The first-order valence-corrected chi connectivity index (χ1v) is 11.3. The third-order valence-corrected chi connectivity index (χ3v) is 6.89. The Labute approximate surface area is 181 Å². The Morgan fingerprint density at radius 3 is 2.67 bits per heavy atom. The molecule has 4 heteroatoms. The Kier molecular flexibility index (Phi) is 4.75. The van der Waals surface area contributed by atoms with Crippen LogP contribution in [-0.4, -0.2) is 11.6 Å². The van der Waals surface area contributed by atoms with Gasteiger partial charge in [-0.1, -0.05) is 57.2 Å². The van der Waals surface area contributed by atoms with E-state index in [1.807, 2.05) is 6.20 Å². The van der Waals surface area contributed by atoms with E-state index in [1.165, 1.54) is 37.2 Å². The first-order chi connectivity index (χ1) is 14.5. The van der Waals surface area contributed by atoms with E-state index in [1.54, 1.807) is 11.3 Å². The molecule has 2 aromatic carbocycles. The number of nitrogens with one attached hydrogen (secondary N) is 1. The molecule has 0 aliphatic carbocycles. The Morgan fingerprint density at radius 1 is 1.03 bits per heavy atom. The molecule has 30 heavy (non-hydrogen) atoms. The van der Waals surface area contributed by atoms with Crippen LogP contribution in [0.4, 0.5) is 5.82 Å². The normalized spacial score (nSPS) is 13.3. The highest BCUT2D eigenvalue weighted by atomic mass is 32.1. The fourth-order valence-corrected chi connectivity index (χ4v) is 5.03. The number of rotatable bonds is 4. The number of benzene rings is 2. The van der Waals surface area contributed by atoms with Gasteiger partial charge < -0.3 is 10.1 Å². The molecule has 0 saturated heterocycles. The minimum atomic E-state index is 0.170. The first-order valence-electron chi connectivity index (χ1n) is 10.5. The number of aromatic nitrogens is 1. The van der Waals surface area contributed by atoms with E-state index in [0.29, 0.717) is 0 Å². The zero-order valence-corrected chi connectivity index (χ0v) is 18.5. The third kappa shape index (κ3) is 3.68. The van der Waals surface area contributed by atoms with Gasteiger partial charge in [-0.2, -0.15) is 0 Å². The molecule has 0 unspecified atom stereocenters. The molecule has 1 aliphatic heterocycles. The van der Waals surface area contributed by atoms with Gasteiger partial charge in [-0.15, -0.1) is 11.3 Å². The van der Waals surface area contributed by atoms with Crippen molar-refractivity contribution >= 4 is 27.2 Å². The van der Waals surface area contributed by atoms with Gasteiger partial charge in [0.25, 0.3) is 0 Å². The van der Waals surface area contributed by atoms with Gasteiger partial charge in [0, 0.05) is 24.0 Å². The van der Waals surface area contributed by atoms with Crippen molar-refractivity contribution < 1.29 is 4.74 Å². The summed E-state index contributed by atoms with van der Waals surface area (Å²) in [7, 11) is 0. The molecule has 152 valence electrons. The summed E-state index contributed by atoms with van der Waals surface area (Å²) in [4.78, 5) is 5.90. The molecule has 0 fully saturated rings. The highest BCUT2D eigenvalue weighted by Crippen LogP contribution is 2.37. The molecule has 0 spiro atoms. The maximum atomic E-state index is 5.61. The number of thiophene rings is 1. The van der Waals surface area contributed by atoms with Crippen LogP contribution in [0.15, 0.2) is 60.8 Å². The van der Waals surface area contributed by atoms with E-state index >= 15 is 0 Å². The molecule has 1 aliphatic rings. The average Bonchev–Trinajstić information content (AvgIpc) is 3.38. The van der Waals surface area contributed by atoms with Gasteiger partial charge in [0.1, 0.15) is 11.6 Å². The summed E-state index contributed by atoms with van der Waals surface area (Å²) in [5.74, 6) is 1.98. The summed E-state index contributed by atoms with van der Waals surface area (Å²) in [6.07, 6.45) is 2.89. The number of anilines is 1. The van der Waals surface area contributed by atoms with Gasteiger partial charge >= 0.3 is 0 Å². The molecule has 0 atom stereocenters. The Balaban J connectivity index is 1.40. The number of hydrogen-bond acceptors (Lipinski definition) is 4. The second-order valence-electron chi connectivity index (χ2n) is 8.91. The summed E-state index contributed by atoms with van der Waals surface area (Å²) in [5.41, 5.74) is 5.35. The summed E-state index contributed by atoms with van der Waals surface area (Å²) >= 11 is 1.80. The minimum Gasteiger partial charge on any atom is -0.493 e. The molecule has 0 saturated carbocycles. The summed E-state index contributed by atoms with van der Waals surface area (Å²) in [5, 5.41) is 4.78. The highest BCUT2D eigenvalue weighted by molar-refractivity contribution is 7.22. The van der Waals surface area contributed by atoms with Crippen molar-refractivity contribution in [2.45, 2.75) is 39.2 Å². The summed E-state index contributed by atoms with van der Waals surface area (Å²) in [6, 6.07) is 19.8. The van der Waals surface area contributed by atoms with Crippen LogP contribution < -0.4 is 10.1 Å². The Bertz CT molecular complexity index is 1200. The topological polar surface area (TPSA) is 34.2 Å². The second kappa shape index (κ2) is 7.44. The minimum absolute atomic E-state index is 0.170. The molecular weight excluding hydrogens is 388 g/mol. The molecular formula is C26H26N2OS. The smallest absolute Gasteiger partial charge is 0.144 e. The molecule has 3 heterocycles. The van der Waals surface area contributed by atoms with Crippen LogP contribution >= 0.6 is 11.3 Å². The predicted molar refractivity (Wildman–Crippen MR) is 127 cm³/mol. The SMILES string of the molecule is CC(C)(C)c1ccc(-c2cc3ccnc(NCc4ccc5c(c4)CCO5)c3s2)cc1. The molecule has 2 aromatic heterocycles. The lowest BCUT2D eigenvalue weighted by atomic mass is 9.86. The van der Waals surface area contributed by atoms with Crippen LogP contribution in [0.25, 0.3) is 20.5 Å². The van der Waals surface area contributed by atoms with Gasteiger partial charge in [-0.25, -0.2) is 4.98 Å². The molecule has 3 nitrogen and oxygen atoms in total. The number of hydrogen-bond donors (Lipinski definition) is 1. The van der Waals surface area contributed by atoms with Gasteiger partial charge in [0.05, 0.1) is 11.3 Å². The molecule has 0 amide bonds. The molecule has 5 rings (SSSR count). The zero-order chi connectivity index (χ0) is 20.7. The number of fused-ring (bicyclic) bond motifs is 2. The largest absolute Gasteiger partial charge is 0.493 e. The van der Waals surface area contributed by atoms with Crippen LogP contribution in [-0.2, 0) is 18.4 Å². The van der Waals surface area contributed by atoms with Crippen LogP contribution in [0.1, 0.15) is 37.5 Å². The monoisotopic (exact) mass is 414 g/mol. The molecule has 0 radical (unpaired) electrons. The quantitative estimate of drug-likeness (QED) is 0.398. The van der Waals surface area contributed by atoms with Crippen molar-refractivity contribution in [2.24, 2.45) is 0 Å². The first kappa shape index (κ1) is 19.1. The van der Waals surface area contributed by atoms with Crippen molar-refractivity contribution in [2.75, 3.05) is 11.9 Å². The lowest BCUT2D eigenvalue weighted by molar-refractivity contribution is 0.357. The van der Waals surface area contributed by atoms with E-state index in [9.17, 15) is 0 Å². The van der Waals surface area contributed by atoms with Crippen LogP contribution in [0.2, 0.25) is 0 Å². The van der Waals surface area contributed by atoms with Gasteiger partial charge in [0.2, 0.25) is 0 Å². The fraction of sp³-hybridized carbons (Fsp3) is 0.269. The van der Waals surface area contributed by atoms with E-state index < -0.39 is 0 Å². The van der Waals surface area contributed by atoms with Gasteiger partial charge in [0.15, 0.2) is 0 Å². The van der Waals surface area contributed by atoms with E-state index in [-0.39, 0.29) is 5.41 Å².